The fourth-order valence-corrected chi connectivity index (χ4v) is 3.31. The summed E-state index contributed by atoms with van der Waals surface area (Å²) in [5, 5.41) is 6.57. The van der Waals surface area contributed by atoms with Crippen LogP contribution in [-0.2, 0) is 0 Å². The molecule has 2 unspecified atom stereocenters. The molecule has 0 aromatic heterocycles. The van der Waals surface area contributed by atoms with E-state index in [1.807, 2.05) is 11.8 Å². The van der Waals surface area contributed by atoms with Crippen LogP contribution < -0.4 is 10.6 Å². The third kappa shape index (κ3) is 8.43. The number of alkyl halides is 3. The van der Waals surface area contributed by atoms with Gasteiger partial charge in [0, 0.05) is 24.9 Å². The summed E-state index contributed by atoms with van der Waals surface area (Å²) in [4.78, 5) is 3.96. The number of hydrogen-bond donors (Lipinski definition) is 2. The Morgan fingerprint density at radius 3 is 2.60 bits per heavy atom. The Morgan fingerprint density at radius 2 is 2.05 bits per heavy atom. The Labute approximate surface area is 140 Å². The Morgan fingerprint density at radius 1 is 1.35 bits per heavy atom. The van der Waals surface area contributed by atoms with E-state index in [9.17, 15) is 13.2 Å². The van der Waals surface area contributed by atoms with Crippen LogP contribution >= 0.6 is 35.7 Å². The van der Waals surface area contributed by atoms with Gasteiger partial charge in [0.15, 0.2) is 5.96 Å². The molecule has 2 N–H and O–H groups in total. The van der Waals surface area contributed by atoms with Gasteiger partial charge >= 0.3 is 6.18 Å². The second kappa shape index (κ2) is 9.97. The predicted molar refractivity (Wildman–Crippen MR) is 90.1 cm³/mol. The lowest BCUT2D eigenvalue weighted by molar-refractivity contribution is -0.132. The highest BCUT2D eigenvalue weighted by Gasteiger charge is 2.27. The van der Waals surface area contributed by atoms with E-state index in [4.69, 9.17) is 0 Å². The van der Waals surface area contributed by atoms with Gasteiger partial charge in [-0.3, -0.25) is 4.99 Å². The minimum absolute atomic E-state index is 0. The fourth-order valence-electron chi connectivity index (χ4n) is 2.17. The molecule has 0 aromatic rings. The zero-order valence-electron chi connectivity index (χ0n) is 11.8. The van der Waals surface area contributed by atoms with Crippen LogP contribution in [0, 0.1) is 0 Å². The number of thioether (sulfide) groups is 1. The van der Waals surface area contributed by atoms with Crippen molar-refractivity contribution in [3.8, 4) is 0 Å². The van der Waals surface area contributed by atoms with Crippen molar-refractivity contribution in [1.82, 2.24) is 10.6 Å². The number of halogens is 4. The van der Waals surface area contributed by atoms with Crippen molar-refractivity contribution >= 4 is 41.7 Å². The predicted octanol–water partition coefficient (Wildman–Crippen LogP) is 3.40. The lowest BCUT2D eigenvalue weighted by atomic mass is 10.2. The molecule has 0 radical (unpaired) electrons. The van der Waals surface area contributed by atoms with Crippen LogP contribution in [0.3, 0.4) is 0 Å². The molecule has 1 saturated carbocycles. The van der Waals surface area contributed by atoms with Crippen molar-refractivity contribution in [1.29, 1.82) is 0 Å². The molecule has 0 bridgehead atoms. The third-order valence-electron chi connectivity index (χ3n) is 3.05. The Kier molecular flexibility index (Phi) is 10.0. The lowest BCUT2D eigenvalue weighted by Crippen LogP contribution is -2.43. The van der Waals surface area contributed by atoms with Gasteiger partial charge in [-0.05, 0) is 25.0 Å². The molecule has 20 heavy (non-hydrogen) atoms. The maximum Gasteiger partial charge on any atom is 0.390 e. The van der Waals surface area contributed by atoms with Crippen LogP contribution in [0.15, 0.2) is 4.99 Å². The summed E-state index contributed by atoms with van der Waals surface area (Å²) in [7, 11) is 1.58. The summed E-state index contributed by atoms with van der Waals surface area (Å²) in [6.07, 6.45) is -1.69. The van der Waals surface area contributed by atoms with E-state index in [1.165, 1.54) is 0 Å². The fraction of sp³-hybridized carbons (Fsp3) is 0.917. The zero-order chi connectivity index (χ0) is 14.3. The van der Waals surface area contributed by atoms with Crippen molar-refractivity contribution in [2.75, 3.05) is 19.3 Å². The zero-order valence-corrected chi connectivity index (χ0v) is 14.9. The van der Waals surface area contributed by atoms with Crippen LogP contribution in [0.2, 0.25) is 0 Å². The number of nitrogens with zero attached hydrogens (tertiary/aromatic N) is 1. The molecule has 8 heteroatoms. The Hall–Kier alpha value is 0.140. The second-order valence-electron chi connectivity index (χ2n) is 4.60. The quantitative estimate of drug-likeness (QED) is 0.403. The maximum absolute atomic E-state index is 12.0. The first-order valence-electron chi connectivity index (χ1n) is 6.60. The van der Waals surface area contributed by atoms with E-state index in [0.717, 1.165) is 25.0 Å². The molecular weight excluding hydrogens is 402 g/mol. The van der Waals surface area contributed by atoms with Gasteiger partial charge in [-0.15, -0.1) is 24.0 Å². The molecule has 1 aliphatic carbocycles. The monoisotopic (exact) mass is 425 g/mol. The summed E-state index contributed by atoms with van der Waals surface area (Å²) in [6.45, 7) is 2.01. The van der Waals surface area contributed by atoms with Crippen molar-refractivity contribution in [2.45, 2.75) is 50.1 Å². The number of rotatable bonds is 5. The van der Waals surface area contributed by atoms with Crippen LogP contribution in [0.5, 0.6) is 0 Å². The van der Waals surface area contributed by atoms with Gasteiger partial charge in [-0.1, -0.05) is 6.92 Å². The van der Waals surface area contributed by atoms with E-state index < -0.39 is 12.6 Å². The van der Waals surface area contributed by atoms with Crippen LogP contribution in [-0.4, -0.2) is 42.8 Å². The highest BCUT2D eigenvalue weighted by molar-refractivity contribution is 14.0. The molecule has 3 nitrogen and oxygen atoms in total. The van der Waals surface area contributed by atoms with Gasteiger partial charge in [0.25, 0.3) is 0 Å². The molecule has 0 amide bonds. The Balaban J connectivity index is 0.00000361. The average Bonchev–Trinajstić information content (AvgIpc) is 2.74. The lowest BCUT2D eigenvalue weighted by Gasteiger charge is -2.17. The first-order chi connectivity index (χ1) is 8.94. The van der Waals surface area contributed by atoms with Gasteiger partial charge in [0.1, 0.15) is 0 Å². The number of aliphatic imine (C=N–C) groups is 1. The van der Waals surface area contributed by atoms with Crippen molar-refractivity contribution in [3.05, 3.63) is 0 Å². The smallest absolute Gasteiger partial charge is 0.356 e. The van der Waals surface area contributed by atoms with Crippen molar-refractivity contribution < 1.29 is 13.2 Å². The first-order valence-corrected chi connectivity index (χ1v) is 7.65. The number of guanidine groups is 1. The van der Waals surface area contributed by atoms with E-state index in [0.29, 0.717) is 17.3 Å². The third-order valence-corrected chi connectivity index (χ3v) is 4.29. The number of hydrogen-bond acceptors (Lipinski definition) is 2. The summed E-state index contributed by atoms with van der Waals surface area (Å²) >= 11 is 1.95. The first kappa shape index (κ1) is 20.1. The summed E-state index contributed by atoms with van der Waals surface area (Å²) in [5.41, 5.74) is 0. The summed E-state index contributed by atoms with van der Waals surface area (Å²) < 4.78 is 36.1. The molecule has 1 aliphatic rings. The van der Waals surface area contributed by atoms with E-state index in [2.05, 4.69) is 22.5 Å². The average molecular weight is 425 g/mol. The largest absolute Gasteiger partial charge is 0.390 e. The molecule has 0 saturated heterocycles. The molecule has 0 spiro atoms. The maximum atomic E-state index is 12.0. The van der Waals surface area contributed by atoms with Crippen LogP contribution in [0.4, 0.5) is 13.2 Å². The SMILES string of the molecule is CCSC1CCC(NC(=NC)NCCC(F)(F)F)C1.I. The standard InChI is InChI=1S/C12H22F3N3S.HI/c1-3-19-10-5-4-9(8-10)18-11(16-2)17-7-6-12(13,14)15;/h9-10H,3-8H2,1-2H3,(H2,16,17,18);1H. The highest BCUT2D eigenvalue weighted by Crippen LogP contribution is 2.29. The van der Waals surface area contributed by atoms with Crippen LogP contribution in [0.25, 0.3) is 0 Å². The molecule has 1 fully saturated rings. The minimum atomic E-state index is -4.12. The van der Waals surface area contributed by atoms with Gasteiger partial charge < -0.3 is 10.6 Å². The molecular formula is C12H23F3IN3S. The summed E-state index contributed by atoms with van der Waals surface area (Å²) in [5.74, 6) is 1.58. The van der Waals surface area contributed by atoms with E-state index >= 15 is 0 Å². The van der Waals surface area contributed by atoms with Gasteiger partial charge in [0.05, 0.1) is 6.42 Å². The van der Waals surface area contributed by atoms with Crippen molar-refractivity contribution in [2.24, 2.45) is 4.99 Å². The van der Waals surface area contributed by atoms with Crippen LogP contribution in [0.1, 0.15) is 32.6 Å². The molecule has 120 valence electrons. The molecule has 0 aliphatic heterocycles. The minimum Gasteiger partial charge on any atom is -0.356 e. The van der Waals surface area contributed by atoms with E-state index in [1.54, 1.807) is 7.05 Å². The number of nitrogens with one attached hydrogen (secondary N) is 2. The topological polar surface area (TPSA) is 36.4 Å². The van der Waals surface area contributed by atoms with Gasteiger partial charge in [-0.25, -0.2) is 0 Å². The molecule has 2 atom stereocenters. The van der Waals surface area contributed by atoms with Gasteiger partial charge in [-0.2, -0.15) is 24.9 Å². The summed E-state index contributed by atoms with van der Waals surface area (Å²) in [6, 6.07) is 0.320. The molecule has 0 aromatic carbocycles. The Bertz CT molecular complexity index is 300. The second-order valence-corrected chi connectivity index (χ2v) is 6.17. The van der Waals surface area contributed by atoms with Crippen molar-refractivity contribution in [3.63, 3.8) is 0 Å². The highest BCUT2D eigenvalue weighted by atomic mass is 127. The molecule has 1 rings (SSSR count). The normalized spacial score (nSPS) is 23.4. The molecule has 0 heterocycles. The van der Waals surface area contributed by atoms with E-state index in [-0.39, 0.29) is 30.5 Å². The van der Waals surface area contributed by atoms with Gasteiger partial charge in [0.2, 0.25) is 0 Å².